The van der Waals surface area contributed by atoms with E-state index in [4.69, 9.17) is 9.47 Å². The summed E-state index contributed by atoms with van der Waals surface area (Å²) in [6.07, 6.45) is 0.770. The molecule has 2 aromatic rings. The average molecular weight is 422 g/mol. The fourth-order valence-corrected chi connectivity index (χ4v) is 4.78. The Labute approximate surface area is 172 Å². The maximum atomic E-state index is 12.8. The molecule has 0 bridgehead atoms. The van der Waals surface area contributed by atoms with Crippen LogP contribution in [0.4, 0.5) is 5.69 Å². The Balaban J connectivity index is 1.71. The van der Waals surface area contributed by atoms with Gasteiger partial charge in [0.15, 0.2) is 5.16 Å². The summed E-state index contributed by atoms with van der Waals surface area (Å²) in [4.78, 5) is 30.6. The van der Waals surface area contributed by atoms with E-state index in [1.807, 2.05) is 0 Å². The zero-order chi connectivity index (χ0) is 20.1. The summed E-state index contributed by atoms with van der Waals surface area (Å²) in [5.41, 5.74) is 1.47. The predicted molar refractivity (Wildman–Crippen MR) is 112 cm³/mol. The third kappa shape index (κ3) is 4.89. The van der Waals surface area contributed by atoms with Gasteiger partial charge in [-0.3, -0.25) is 14.2 Å². The van der Waals surface area contributed by atoms with E-state index < -0.39 is 0 Å². The van der Waals surface area contributed by atoms with Crippen molar-refractivity contribution in [3.8, 4) is 5.75 Å². The largest absolute Gasteiger partial charge is 0.497 e. The Hall–Kier alpha value is -1.97. The molecule has 0 saturated heterocycles. The highest BCUT2D eigenvalue weighted by Gasteiger charge is 2.26. The normalized spacial score (nSPS) is 15.3. The lowest BCUT2D eigenvalue weighted by Gasteiger charge is -2.13. The van der Waals surface area contributed by atoms with E-state index in [1.54, 1.807) is 54.8 Å². The molecule has 1 amide bonds. The molecule has 150 valence electrons. The molecule has 9 heteroatoms. The van der Waals surface area contributed by atoms with Gasteiger partial charge in [-0.05, 0) is 24.3 Å². The molecule has 3 rings (SSSR count). The van der Waals surface area contributed by atoms with E-state index in [-0.39, 0.29) is 17.2 Å². The number of hydrogen-bond acceptors (Lipinski definition) is 7. The fraction of sp³-hybridized carbons (Fsp3) is 0.421. The van der Waals surface area contributed by atoms with Gasteiger partial charge in [0.1, 0.15) is 5.75 Å². The zero-order valence-electron chi connectivity index (χ0n) is 16.1. The number of amides is 1. The molecule has 0 aliphatic carbocycles. The minimum atomic E-state index is -0.161. The molecule has 1 aromatic heterocycles. The first-order chi connectivity index (χ1) is 13.5. The molecular weight excluding hydrogens is 398 g/mol. The van der Waals surface area contributed by atoms with Crippen LogP contribution in [0.1, 0.15) is 12.6 Å². The van der Waals surface area contributed by atoms with Crippen molar-refractivity contribution in [2.24, 2.45) is 0 Å². The Kier molecular flexibility index (Phi) is 7.03. The topological polar surface area (TPSA) is 82.4 Å². The molecule has 1 unspecified atom stereocenters. The van der Waals surface area contributed by atoms with Crippen LogP contribution in [-0.2, 0) is 22.5 Å². The lowest BCUT2D eigenvalue weighted by atomic mass is 10.2. The molecule has 1 aliphatic rings. The molecule has 1 aromatic carbocycles. The number of carbonyl (C=O) groups excluding carboxylic acids is 1. The van der Waals surface area contributed by atoms with Gasteiger partial charge < -0.3 is 14.8 Å². The molecule has 1 atom stereocenters. The lowest BCUT2D eigenvalue weighted by Crippen LogP contribution is -2.27. The monoisotopic (exact) mass is 421 g/mol. The number of rotatable bonds is 8. The van der Waals surface area contributed by atoms with Gasteiger partial charge in [-0.15, -0.1) is 11.8 Å². The number of fused-ring (bicyclic) bond motifs is 1. The Morgan fingerprint density at radius 3 is 2.79 bits per heavy atom. The van der Waals surface area contributed by atoms with Crippen molar-refractivity contribution >= 4 is 35.1 Å². The molecule has 2 heterocycles. The summed E-state index contributed by atoms with van der Waals surface area (Å²) in [5.74, 6) is 0.724. The number of anilines is 1. The van der Waals surface area contributed by atoms with Gasteiger partial charge in [-0.1, -0.05) is 18.7 Å². The van der Waals surface area contributed by atoms with Gasteiger partial charge in [-0.25, -0.2) is 4.98 Å². The van der Waals surface area contributed by atoms with Gasteiger partial charge in [0.05, 0.1) is 36.6 Å². The predicted octanol–water partition coefficient (Wildman–Crippen LogP) is 2.67. The van der Waals surface area contributed by atoms with E-state index in [2.05, 4.69) is 17.2 Å². The van der Waals surface area contributed by atoms with E-state index in [0.717, 1.165) is 22.8 Å². The molecule has 1 N–H and O–H groups in total. The van der Waals surface area contributed by atoms with Gasteiger partial charge in [-0.2, -0.15) is 0 Å². The second kappa shape index (κ2) is 9.49. The minimum absolute atomic E-state index is 0.0468. The Morgan fingerprint density at radius 1 is 1.36 bits per heavy atom. The number of nitrogens with zero attached hydrogens (tertiary/aromatic N) is 2. The van der Waals surface area contributed by atoms with Gasteiger partial charge in [0.2, 0.25) is 5.91 Å². The van der Waals surface area contributed by atoms with Crippen LogP contribution in [0.3, 0.4) is 0 Å². The lowest BCUT2D eigenvalue weighted by molar-refractivity contribution is -0.113. The third-order valence-electron chi connectivity index (χ3n) is 4.19. The quantitative estimate of drug-likeness (QED) is 0.518. The highest BCUT2D eigenvalue weighted by atomic mass is 32.2. The zero-order valence-corrected chi connectivity index (χ0v) is 17.7. The van der Waals surface area contributed by atoms with Crippen LogP contribution in [0.25, 0.3) is 0 Å². The van der Waals surface area contributed by atoms with E-state index >= 15 is 0 Å². The van der Waals surface area contributed by atoms with Crippen LogP contribution in [0.2, 0.25) is 0 Å². The van der Waals surface area contributed by atoms with Crippen molar-refractivity contribution in [3.05, 3.63) is 40.3 Å². The van der Waals surface area contributed by atoms with Crippen LogP contribution in [0.15, 0.2) is 39.1 Å². The maximum absolute atomic E-state index is 12.8. The van der Waals surface area contributed by atoms with Gasteiger partial charge in [0, 0.05) is 24.5 Å². The summed E-state index contributed by atoms with van der Waals surface area (Å²) >= 11 is 2.83. The third-order valence-corrected chi connectivity index (χ3v) is 6.38. The van der Waals surface area contributed by atoms with Crippen molar-refractivity contribution in [2.45, 2.75) is 35.2 Å². The standard InChI is InChI=1S/C19H23N3O4S2/c1-12-10-15-17(28-12)18(24)22(8-9-25-2)19(21-15)27-11-16(23)20-13-4-6-14(26-3)7-5-13/h4-7,12H,8-11H2,1-3H3,(H,20,23). The summed E-state index contributed by atoms with van der Waals surface area (Å²) in [6, 6.07) is 7.13. The second-order valence-electron chi connectivity index (χ2n) is 6.32. The molecule has 7 nitrogen and oxygen atoms in total. The number of aromatic nitrogens is 2. The first-order valence-electron chi connectivity index (χ1n) is 8.87. The number of hydrogen-bond donors (Lipinski definition) is 1. The number of carbonyl (C=O) groups is 1. The molecule has 0 spiro atoms. The first-order valence-corrected chi connectivity index (χ1v) is 10.7. The van der Waals surface area contributed by atoms with Crippen LogP contribution in [-0.4, -0.2) is 47.3 Å². The summed E-state index contributed by atoms with van der Waals surface area (Å²) in [7, 11) is 3.19. The fourth-order valence-electron chi connectivity index (χ4n) is 2.82. The van der Waals surface area contributed by atoms with Crippen molar-refractivity contribution in [1.29, 1.82) is 0 Å². The average Bonchev–Trinajstić information content (AvgIpc) is 3.07. The van der Waals surface area contributed by atoms with Crippen LogP contribution >= 0.6 is 23.5 Å². The maximum Gasteiger partial charge on any atom is 0.268 e. The van der Waals surface area contributed by atoms with Crippen LogP contribution in [0, 0.1) is 0 Å². The Bertz CT molecular complexity index is 899. The minimum Gasteiger partial charge on any atom is -0.497 e. The highest BCUT2D eigenvalue weighted by molar-refractivity contribution is 8.00. The number of methoxy groups -OCH3 is 2. The first kappa shape index (κ1) is 20.8. The highest BCUT2D eigenvalue weighted by Crippen LogP contribution is 2.34. The summed E-state index contributed by atoms with van der Waals surface area (Å²) in [5, 5.41) is 3.73. The van der Waals surface area contributed by atoms with Crippen molar-refractivity contribution in [2.75, 3.05) is 31.9 Å². The smallest absolute Gasteiger partial charge is 0.268 e. The van der Waals surface area contributed by atoms with Crippen molar-refractivity contribution < 1.29 is 14.3 Å². The number of ether oxygens (including phenoxy) is 2. The molecular formula is C19H23N3O4S2. The summed E-state index contributed by atoms with van der Waals surface area (Å²) in [6.45, 7) is 2.90. The summed E-state index contributed by atoms with van der Waals surface area (Å²) < 4.78 is 11.8. The second-order valence-corrected chi connectivity index (χ2v) is 8.71. The molecule has 28 heavy (non-hydrogen) atoms. The van der Waals surface area contributed by atoms with Crippen LogP contribution < -0.4 is 15.6 Å². The van der Waals surface area contributed by atoms with E-state index in [0.29, 0.717) is 29.2 Å². The SMILES string of the molecule is COCCn1c(SCC(=O)Nc2ccc(OC)cc2)nc2c(c1=O)SC(C)C2. The molecule has 0 radical (unpaired) electrons. The van der Waals surface area contributed by atoms with Crippen molar-refractivity contribution in [1.82, 2.24) is 9.55 Å². The molecule has 0 fully saturated rings. The molecule has 1 aliphatic heterocycles. The molecule has 0 saturated carbocycles. The van der Waals surface area contributed by atoms with E-state index in [9.17, 15) is 9.59 Å². The van der Waals surface area contributed by atoms with Gasteiger partial charge in [0.25, 0.3) is 5.56 Å². The van der Waals surface area contributed by atoms with E-state index in [1.165, 1.54) is 11.8 Å². The van der Waals surface area contributed by atoms with Crippen molar-refractivity contribution in [3.63, 3.8) is 0 Å². The number of thioether (sulfide) groups is 2. The van der Waals surface area contributed by atoms with Crippen LogP contribution in [0.5, 0.6) is 5.75 Å². The van der Waals surface area contributed by atoms with Gasteiger partial charge >= 0.3 is 0 Å². The Morgan fingerprint density at radius 2 is 2.11 bits per heavy atom. The number of benzene rings is 1. The number of nitrogens with one attached hydrogen (secondary N) is 1.